The predicted molar refractivity (Wildman–Crippen MR) is 96.8 cm³/mol. The van der Waals surface area contributed by atoms with E-state index in [1.165, 1.54) is 0 Å². The molecule has 0 bridgehead atoms. The summed E-state index contributed by atoms with van der Waals surface area (Å²) in [6.07, 6.45) is 4.66. The maximum absolute atomic E-state index is 12.0. The monoisotopic (exact) mass is 357 g/mol. The summed E-state index contributed by atoms with van der Waals surface area (Å²) in [7, 11) is 0. The van der Waals surface area contributed by atoms with Crippen molar-refractivity contribution in [1.29, 1.82) is 0 Å². The highest BCUT2D eigenvalue weighted by Gasteiger charge is 2.15. The highest BCUT2D eigenvalue weighted by molar-refractivity contribution is 5.95. The van der Waals surface area contributed by atoms with E-state index in [-0.39, 0.29) is 30.7 Å². The van der Waals surface area contributed by atoms with Crippen LogP contribution in [-0.2, 0) is 4.79 Å². The number of nitrogens with zero attached hydrogens (tertiary/aromatic N) is 1. The van der Waals surface area contributed by atoms with E-state index >= 15 is 0 Å². The van der Waals surface area contributed by atoms with Gasteiger partial charge < -0.3 is 15.8 Å². The number of nitrogens with two attached hydrogens (primary N) is 1. The Morgan fingerprint density at radius 3 is 2.61 bits per heavy atom. The number of aromatic nitrogens is 1. The van der Waals surface area contributed by atoms with Crippen molar-refractivity contribution in [1.82, 2.24) is 4.98 Å². The number of rotatable bonds is 6. The lowest BCUT2D eigenvalue weighted by Gasteiger charge is -2.14. The quantitative estimate of drug-likeness (QED) is 0.824. The first-order valence-electron chi connectivity index (χ1n) is 6.94. The third kappa shape index (κ3) is 6.44. The fraction of sp³-hybridized carbons (Fsp3) is 0.250. The molecule has 0 aliphatic carbocycles. The van der Waals surface area contributed by atoms with Gasteiger partial charge in [0.25, 0.3) is 0 Å². The number of ether oxygens (including phenoxy) is 1. The molecule has 1 unspecified atom stereocenters. The van der Waals surface area contributed by atoms with Crippen LogP contribution < -0.4 is 15.8 Å². The van der Waals surface area contributed by atoms with Crippen molar-refractivity contribution in [2.75, 3.05) is 5.32 Å². The van der Waals surface area contributed by atoms with E-state index in [1.54, 1.807) is 18.5 Å². The summed E-state index contributed by atoms with van der Waals surface area (Å²) >= 11 is 0. The molecular weight excluding hydrogens is 337 g/mol. The van der Waals surface area contributed by atoms with Gasteiger partial charge in [-0.15, -0.1) is 24.8 Å². The second kappa shape index (κ2) is 10.8. The molecule has 1 heterocycles. The van der Waals surface area contributed by atoms with Crippen LogP contribution in [-0.4, -0.2) is 16.9 Å². The molecule has 5 nitrogen and oxygen atoms in total. The summed E-state index contributed by atoms with van der Waals surface area (Å²) < 4.78 is 5.75. The Hall–Kier alpha value is -1.82. The molecule has 0 spiro atoms. The molecule has 0 aliphatic rings. The van der Waals surface area contributed by atoms with Crippen LogP contribution in [0.2, 0.25) is 0 Å². The summed E-state index contributed by atoms with van der Waals surface area (Å²) in [6, 6.07) is 10.5. The van der Waals surface area contributed by atoms with E-state index in [9.17, 15) is 4.79 Å². The molecule has 0 aliphatic heterocycles. The van der Waals surface area contributed by atoms with Gasteiger partial charge in [-0.1, -0.05) is 31.5 Å². The zero-order valence-corrected chi connectivity index (χ0v) is 14.4. The van der Waals surface area contributed by atoms with Crippen molar-refractivity contribution in [3.8, 4) is 11.5 Å². The molecule has 1 atom stereocenters. The number of para-hydroxylation sites is 1. The van der Waals surface area contributed by atoms with Crippen LogP contribution in [0.5, 0.6) is 11.5 Å². The summed E-state index contributed by atoms with van der Waals surface area (Å²) in [4.78, 5) is 16.0. The second-order valence-corrected chi connectivity index (χ2v) is 4.67. The van der Waals surface area contributed by atoms with E-state index in [4.69, 9.17) is 10.5 Å². The van der Waals surface area contributed by atoms with Gasteiger partial charge in [0.1, 0.15) is 11.4 Å². The predicted octanol–water partition coefficient (Wildman–Crippen LogP) is 3.78. The average molecular weight is 358 g/mol. The van der Waals surface area contributed by atoms with E-state index in [2.05, 4.69) is 10.3 Å². The Bertz CT molecular complexity index is 597. The van der Waals surface area contributed by atoms with Crippen molar-refractivity contribution in [3.05, 3.63) is 48.8 Å². The number of benzene rings is 1. The van der Waals surface area contributed by atoms with Crippen LogP contribution in [0.15, 0.2) is 48.8 Å². The summed E-state index contributed by atoms with van der Waals surface area (Å²) in [5.41, 5.74) is 6.32. The van der Waals surface area contributed by atoms with E-state index < -0.39 is 6.04 Å². The Morgan fingerprint density at radius 2 is 1.96 bits per heavy atom. The zero-order valence-electron chi connectivity index (χ0n) is 12.8. The SMILES string of the molecule is CCCC(N)C(=O)Nc1cnccc1Oc1ccccc1.Cl.Cl. The Labute approximate surface area is 148 Å². The number of anilines is 1. The fourth-order valence-corrected chi connectivity index (χ4v) is 1.85. The van der Waals surface area contributed by atoms with Gasteiger partial charge in [0.05, 0.1) is 12.2 Å². The molecule has 1 aromatic carbocycles. The van der Waals surface area contributed by atoms with Crippen LogP contribution in [0.3, 0.4) is 0 Å². The maximum atomic E-state index is 12.0. The summed E-state index contributed by atoms with van der Waals surface area (Å²) in [6.45, 7) is 1.99. The first-order valence-corrected chi connectivity index (χ1v) is 6.94. The lowest BCUT2D eigenvalue weighted by molar-refractivity contribution is -0.117. The van der Waals surface area contributed by atoms with Gasteiger partial charge in [0.15, 0.2) is 5.75 Å². The molecule has 23 heavy (non-hydrogen) atoms. The number of nitrogens with one attached hydrogen (secondary N) is 1. The molecule has 0 saturated carbocycles. The minimum Gasteiger partial charge on any atom is -0.455 e. The standard InChI is InChI=1S/C16H19N3O2.2ClH/c1-2-6-13(17)16(20)19-14-11-18-10-9-15(14)21-12-7-4-3-5-8-12;;/h3-5,7-11,13H,2,6,17H2,1H3,(H,19,20);2*1H. The van der Waals surface area contributed by atoms with Crippen molar-refractivity contribution in [2.24, 2.45) is 5.73 Å². The fourth-order valence-electron chi connectivity index (χ4n) is 1.85. The van der Waals surface area contributed by atoms with Crippen LogP contribution in [0.4, 0.5) is 5.69 Å². The van der Waals surface area contributed by atoms with E-state index in [1.807, 2.05) is 37.3 Å². The highest BCUT2D eigenvalue weighted by Crippen LogP contribution is 2.28. The number of hydrogen-bond donors (Lipinski definition) is 2. The molecule has 126 valence electrons. The summed E-state index contributed by atoms with van der Waals surface area (Å²) in [5.74, 6) is 0.994. The Morgan fingerprint density at radius 1 is 1.26 bits per heavy atom. The van der Waals surface area contributed by atoms with E-state index in [0.717, 1.165) is 6.42 Å². The average Bonchev–Trinajstić information content (AvgIpc) is 2.50. The van der Waals surface area contributed by atoms with Crippen LogP contribution >= 0.6 is 24.8 Å². The number of amides is 1. The van der Waals surface area contributed by atoms with Gasteiger partial charge >= 0.3 is 0 Å². The normalized spacial score (nSPS) is 10.7. The minimum absolute atomic E-state index is 0. The Kier molecular flexibility index (Phi) is 9.97. The molecule has 0 saturated heterocycles. The van der Waals surface area contributed by atoms with E-state index in [0.29, 0.717) is 23.6 Å². The maximum Gasteiger partial charge on any atom is 0.241 e. The first kappa shape index (κ1) is 21.2. The third-order valence-corrected chi connectivity index (χ3v) is 2.95. The first-order chi connectivity index (χ1) is 10.2. The number of carbonyl (C=O) groups is 1. The molecule has 0 radical (unpaired) electrons. The topological polar surface area (TPSA) is 77.2 Å². The molecule has 7 heteroatoms. The minimum atomic E-state index is -0.528. The van der Waals surface area contributed by atoms with Crippen LogP contribution in [0, 0.1) is 0 Å². The number of carbonyl (C=O) groups excluding carboxylic acids is 1. The van der Waals surface area contributed by atoms with Gasteiger partial charge in [0, 0.05) is 12.3 Å². The lowest BCUT2D eigenvalue weighted by Crippen LogP contribution is -2.35. The van der Waals surface area contributed by atoms with Crippen LogP contribution in [0.1, 0.15) is 19.8 Å². The third-order valence-electron chi connectivity index (χ3n) is 2.95. The largest absolute Gasteiger partial charge is 0.455 e. The molecular formula is C16H21Cl2N3O2. The van der Waals surface area contributed by atoms with Crippen molar-refractivity contribution in [3.63, 3.8) is 0 Å². The van der Waals surface area contributed by atoms with Gasteiger partial charge in [-0.2, -0.15) is 0 Å². The second-order valence-electron chi connectivity index (χ2n) is 4.67. The zero-order chi connectivity index (χ0) is 15.1. The smallest absolute Gasteiger partial charge is 0.241 e. The molecule has 2 aromatic rings. The molecule has 3 N–H and O–H groups in total. The van der Waals surface area contributed by atoms with Crippen molar-refractivity contribution < 1.29 is 9.53 Å². The lowest BCUT2D eigenvalue weighted by atomic mass is 10.1. The number of halogens is 2. The van der Waals surface area contributed by atoms with Gasteiger partial charge in [-0.3, -0.25) is 9.78 Å². The molecule has 2 rings (SSSR count). The van der Waals surface area contributed by atoms with Crippen molar-refractivity contribution in [2.45, 2.75) is 25.8 Å². The van der Waals surface area contributed by atoms with Gasteiger partial charge in [-0.05, 0) is 18.6 Å². The summed E-state index contributed by atoms with van der Waals surface area (Å²) in [5, 5.41) is 2.76. The van der Waals surface area contributed by atoms with Crippen molar-refractivity contribution >= 4 is 36.4 Å². The van der Waals surface area contributed by atoms with Gasteiger partial charge in [-0.25, -0.2) is 0 Å². The highest BCUT2D eigenvalue weighted by atomic mass is 35.5. The Balaban J connectivity index is 0.00000242. The van der Waals surface area contributed by atoms with Gasteiger partial charge in [0.2, 0.25) is 5.91 Å². The number of pyridine rings is 1. The molecule has 1 amide bonds. The molecule has 0 fully saturated rings. The van der Waals surface area contributed by atoms with Crippen LogP contribution in [0.25, 0.3) is 0 Å². The number of hydrogen-bond acceptors (Lipinski definition) is 4. The molecule has 1 aromatic heterocycles.